The number of aromatic nitrogens is 1. The number of phosphoric ester groups is 1. The van der Waals surface area contributed by atoms with Crippen LogP contribution in [0.25, 0.3) is 0 Å². The summed E-state index contributed by atoms with van der Waals surface area (Å²) in [5.41, 5.74) is -1.18. The smallest absolute Gasteiger partial charge is 0.469 e. The third-order valence-electron chi connectivity index (χ3n) is 4.02. The van der Waals surface area contributed by atoms with Crippen molar-refractivity contribution in [2.24, 2.45) is 10.2 Å². The van der Waals surface area contributed by atoms with Gasteiger partial charge in [-0.1, -0.05) is 6.07 Å². The first-order valence-corrected chi connectivity index (χ1v) is 14.0. The quantitative estimate of drug-likeness (QED) is 0.161. The molecule has 0 radical (unpaired) electrons. The van der Waals surface area contributed by atoms with Gasteiger partial charge in [-0.2, -0.15) is 0 Å². The zero-order valence-corrected chi connectivity index (χ0v) is 19.9. The van der Waals surface area contributed by atoms with Gasteiger partial charge in [-0.25, -0.2) is 9.55 Å². The maximum Gasteiger partial charge on any atom is 0.469 e. The lowest BCUT2D eigenvalue weighted by Gasteiger charge is -2.18. The highest BCUT2D eigenvalue weighted by molar-refractivity contribution is 7.49. The van der Waals surface area contributed by atoms with Crippen molar-refractivity contribution in [1.82, 2.24) is 4.98 Å². The molecule has 1 aromatic heterocycles. The Balaban J connectivity index is 2.59. The predicted molar refractivity (Wildman–Crippen MR) is 111 cm³/mol. The van der Waals surface area contributed by atoms with Crippen LogP contribution in [0.15, 0.2) is 28.4 Å². The van der Waals surface area contributed by atoms with Crippen LogP contribution in [0.3, 0.4) is 0 Å². The Morgan fingerprint density at radius 2 is 1.53 bits per heavy atom. The van der Waals surface area contributed by atoms with Crippen molar-refractivity contribution in [3.63, 3.8) is 0 Å². The molecule has 0 saturated carbocycles. The van der Waals surface area contributed by atoms with E-state index < -0.39 is 59.1 Å². The van der Waals surface area contributed by atoms with Crippen molar-refractivity contribution in [2.75, 3.05) is 0 Å². The first-order chi connectivity index (χ1) is 15.5. The van der Waals surface area contributed by atoms with E-state index in [4.69, 9.17) is 19.6 Å². The van der Waals surface area contributed by atoms with E-state index in [0.29, 0.717) is 0 Å². The Labute approximate surface area is 191 Å². The number of azo groups is 1. The number of pyridine rings is 1. The maximum absolute atomic E-state index is 11.4. The fourth-order valence-corrected chi connectivity index (χ4v) is 4.37. The van der Waals surface area contributed by atoms with Gasteiger partial charge in [0.1, 0.15) is 20.9 Å². The number of aldehydes is 1. The van der Waals surface area contributed by atoms with Gasteiger partial charge >= 0.3 is 7.82 Å². The molecule has 2 aromatic rings. The molecule has 0 fully saturated rings. The van der Waals surface area contributed by atoms with Crippen molar-refractivity contribution >= 4 is 40.8 Å². The second-order valence-electron chi connectivity index (χ2n) is 6.94. The summed E-state index contributed by atoms with van der Waals surface area (Å²) < 4.78 is 37.9. The van der Waals surface area contributed by atoms with Crippen molar-refractivity contribution in [3.05, 3.63) is 46.1 Å². The van der Waals surface area contributed by atoms with Crippen LogP contribution in [0.2, 0.25) is 0 Å². The molecule has 0 aliphatic carbocycles. The summed E-state index contributed by atoms with van der Waals surface area (Å²) in [7, 11) is -14.6. The zero-order chi connectivity index (χ0) is 25.9. The number of carbonyl (C=O) groups excluding carboxylic acids is 1. The van der Waals surface area contributed by atoms with Crippen molar-refractivity contribution in [1.29, 1.82) is 0 Å². The molecule has 0 bridgehead atoms. The molecule has 0 aliphatic heterocycles. The number of rotatable bonds is 10. The molecule has 5 N–H and O–H groups in total. The summed E-state index contributed by atoms with van der Waals surface area (Å²) in [5.74, 6) is -0.989. The highest BCUT2D eigenvalue weighted by Crippen LogP contribution is 2.41. The molecule has 0 amide bonds. The molecule has 18 heteroatoms. The van der Waals surface area contributed by atoms with Gasteiger partial charge < -0.3 is 43.6 Å². The predicted octanol–water partition coefficient (Wildman–Crippen LogP) is 1.02. The minimum Gasteiger partial charge on any atom is -0.778 e. The monoisotopic (exact) mass is 537 g/mol. The van der Waals surface area contributed by atoms with E-state index in [0.717, 1.165) is 18.2 Å². The van der Waals surface area contributed by atoms with Gasteiger partial charge in [0.05, 0.1) is 23.6 Å². The summed E-state index contributed by atoms with van der Waals surface area (Å²) in [6.07, 6.45) is -1.59. The minimum atomic E-state index is -5.00. The van der Waals surface area contributed by atoms with Crippen LogP contribution in [0.5, 0.6) is 5.75 Å². The fourth-order valence-electron chi connectivity index (χ4n) is 2.79. The number of benzene rings is 1. The van der Waals surface area contributed by atoms with Gasteiger partial charge in [0.25, 0.3) is 0 Å². The molecule has 1 heterocycles. The number of aryl methyl sites for hydroxylation is 1. The summed E-state index contributed by atoms with van der Waals surface area (Å²) in [4.78, 5) is 73.9. The standard InChI is InChI=1S/C16H20N3O12P3/c1-9-15(21)13(5-20)14(6-31-34(28,29)30)16(17-9)19-18-12-3-10(7-32(22,23)24)2-11(4-12)8-33(25,26)27/h2-5,21H,6-8H2,1H3,(H2,22,23,24)(H2,25,26,27)(H2,28,29,30)/p-2. The second kappa shape index (κ2) is 10.6. The van der Waals surface area contributed by atoms with Crippen LogP contribution in [0.4, 0.5) is 11.5 Å². The van der Waals surface area contributed by atoms with E-state index in [2.05, 4.69) is 19.7 Å². The third-order valence-corrected chi connectivity index (χ3v) is 6.02. The van der Waals surface area contributed by atoms with Gasteiger partial charge in [0.2, 0.25) is 0 Å². The number of aromatic hydroxyl groups is 1. The molecule has 2 atom stereocenters. The topological polar surface area (TPSA) is 262 Å². The molecular formula is C16H18N3O12P3-2. The molecule has 186 valence electrons. The average molecular weight is 537 g/mol. The Morgan fingerprint density at radius 1 is 1.00 bits per heavy atom. The molecule has 1 aromatic carbocycles. The van der Waals surface area contributed by atoms with E-state index in [9.17, 15) is 33.4 Å². The third kappa shape index (κ3) is 8.90. The highest BCUT2D eigenvalue weighted by atomic mass is 31.2. The zero-order valence-electron chi connectivity index (χ0n) is 17.2. The molecule has 0 spiro atoms. The largest absolute Gasteiger partial charge is 0.778 e. The summed E-state index contributed by atoms with van der Waals surface area (Å²) in [5, 5.41) is 17.6. The van der Waals surface area contributed by atoms with E-state index >= 15 is 0 Å². The van der Waals surface area contributed by atoms with Crippen molar-refractivity contribution < 1.29 is 57.5 Å². The van der Waals surface area contributed by atoms with E-state index in [1.165, 1.54) is 6.92 Å². The Morgan fingerprint density at radius 3 is 1.97 bits per heavy atom. The number of phosphoric acid groups is 1. The summed E-state index contributed by atoms with van der Waals surface area (Å²) in [6, 6.07) is 3.36. The second-order valence-corrected chi connectivity index (χ2v) is 11.4. The highest BCUT2D eigenvalue weighted by Gasteiger charge is 2.22. The lowest BCUT2D eigenvalue weighted by atomic mass is 10.1. The van der Waals surface area contributed by atoms with Gasteiger partial charge in [-0.05, 0) is 30.2 Å². The SMILES string of the molecule is Cc1nc(N=Nc2cc(CP(=O)([O-])O)cc(CP(=O)([O-])O)c2)c(COP(=O)(O)O)c(C=O)c1O. The van der Waals surface area contributed by atoms with Gasteiger partial charge in [-0.3, -0.25) is 9.32 Å². The van der Waals surface area contributed by atoms with Crippen LogP contribution >= 0.6 is 23.0 Å². The van der Waals surface area contributed by atoms with E-state index in [1.807, 2.05) is 0 Å². The Hall–Kier alpha value is -2.15. The Kier molecular flexibility index (Phi) is 8.78. The van der Waals surface area contributed by atoms with Crippen LogP contribution in [-0.2, 0) is 37.1 Å². The normalized spacial score (nSPS) is 15.7. The number of hydrogen-bond acceptors (Lipinski definition) is 11. The average Bonchev–Trinajstić information content (AvgIpc) is 2.63. The van der Waals surface area contributed by atoms with Gasteiger partial charge in [0.15, 0.2) is 12.1 Å². The first-order valence-electron chi connectivity index (χ1n) is 8.95. The van der Waals surface area contributed by atoms with Crippen LogP contribution < -0.4 is 9.79 Å². The van der Waals surface area contributed by atoms with Crippen molar-refractivity contribution in [3.8, 4) is 5.75 Å². The molecule has 15 nitrogen and oxygen atoms in total. The van der Waals surface area contributed by atoms with Gasteiger partial charge in [-0.15, -0.1) is 10.2 Å². The molecule has 2 rings (SSSR count). The van der Waals surface area contributed by atoms with Gasteiger partial charge in [0, 0.05) is 17.9 Å². The lowest BCUT2D eigenvalue weighted by Crippen LogP contribution is -2.04. The minimum absolute atomic E-state index is 0.0887. The molecule has 34 heavy (non-hydrogen) atoms. The van der Waals surface area contributed by atoms with E-state index in [1.54, 1.807) is 0 Å². The number of nitrogens with zero attached hydrogens (tertiary/aromatic N) is 3. The van der Waals surface area contributed by atoms with Crippen LogP contribution in [-0.4, -0.2) is 36.0 Å². The Bertz CT molecular complexity index is 1220. The fraction of sp³-hybridized carbons (Fsp3) is 0.250. The number of carbonyl (C=O) groups is 1. The molecule has 0 saturated heterocycles. The molecule has 0 aliphatic rings. The van der Waals surface area contributed by atoms with Crippen LogP contribution in [0.1, 0.15) is 32.7 Å². The van der Waals surface area contributed by atoms with Crippen LogP contribution in [0, 0.1) is 6.92 Å². The summed E-state index contributed by atoms with van der Waals surface area (Å²) >= 11 is 0. The van der Waals surface area contributed by atoms with Crippen molar-refractivity contribution in [2.45, 2.75) is 25.9 Å². The lowest BCUT2D eigenvalue weighted by molar-refractivity contribution is -0.195. The van der Waals surface area contributed by atoms with E-state index in [-0.39, 0.29) is 34.4 Å². The molecule has 2 unspecified atom stereocenters. The number of hydrogen-bond donors (Lipinski definition) is 5. The maximum atomic E-state index is 11.4. The first kappa shape index (κ1) is 28.1. The molecular weight excluding hydrogens is 519 g/mol. The summed E-state index contributed by atoms with van der Waals surface area (Å²) in [6.45, 7) is 0.403.